The number of benzene rings is 2. The third kappa shape index (κ3) is 2.21. The number of aromatic nitrogens is 2. The highest BCUT2D eigenvalue weighted by molar-refractivity contribution is 6.28. The van der Waals surface area contributed by atoms with Gasteiger partial charge in [0.15, 0.2) is 0 Å². The molecule has 1 heterocycles. The molecule has 0 saturated carbocycles. The second-order valence-corrected chi connectivity index (χ2v) is 5.02. The van der Waals surface area contributed by atoms with Gasteiger partial charge in [0, 0.05) is 18.1 Å². The minimum Gasteiger partial charge on any atom is -0.329 e. The Balaban J connectivity index is 2.21. The Morgan fingerprint density at radius 3 is 2.45 bits per heavy atom. The van der Waals surface area contributed by atoms with E-state index in [4.69, 9.17) is 11.6 Å². The van der Waals surface area contributed by atoms with Crippen molar-refractivity contribution in [2.75, 3.05) is 11.9 Å². The highest BCUT2D eigenvalue weighted by atomic mass is 35.5. The summed E-state index contributed by atoms with van der Waals surface area (Å²) in [5, 5.41) is 1.25. The largest absolute Gasteiger partial charge is 0.329 e. The molecule has 0 spiro atoms. The number of hydrogen-bond acceptors (Lipinski definition) is 3. The summed E-state index contributed by atoms with van der Waals surface area (Å²) in [5.41, 5.74) is 3.14. The summed E-state index contributed by atoms with van der Waals surface area (Å²) in [6.45, 7) is 2.08. The lowest BCUT2D eigenvalue weighted by Crippen LogP contribution is -2.13. The van der Waals surface area contributed by atoms with Gasteiger partial charge < -0.3 is 4.90 Å². The molecule has 100 valence electrons. The molecule has 20 heavy (non-hydrogen) atoms. The van der Waals surface area contributed by atoms with Crippen LogP contribution < -0.4 is 4.90 Å². The van der Waals surface area contributed by atoms with Crippen LogP contribution in [0.1, 0.15) is 5.56 Å². The maximum absolute atomic E-state index is 6.05. The fourth-order valence-electron chi connectivity index (χ4n) is 2.34. The van der Waals surface area contributed by atoms with Gasteiger partial charge in [-0.05, 0) is 42.3 Å². The molecular formula is C16H14ClN3. The third-order valence-corrected chi connectivity index (χ3v) is 3.52. The van der Waals surface area contributed by atoms with Gasteiger partial charge >= 0.3 is 0 Å². The van der Waals surface area contributed by atoms with Crippen molar-refractivity contribution in [1.29, 1.82) is 0 Å². The van der Waals surface area contributed by atoms with Crippen LogP contribution in [0.4, 0.5) is 11.5 Å². The van der Waals surface area contributed by atoms with E-state index in [1.54, 1.807) is 0 Å². The Morgan fingerprint density at radius 1 is 0.950 bits per heavy atom. The van der Waals surface area contributed by atoms with Gasteiger partial charge in [-0.1, -0.05) is 30.3 Å². The van der Waals surface area contributed by atoms with Crippen LogP contribution in [0.3, 0.4) is 0 Å². The fourth-order valence-corrected chi connectivity index (χ4v) is 2.51. The van der Waals surface area contributed by atoms with Gasteiger partial charge in [-0.2, -0.15) is 4.98 Å². The van der Waals surface area contributed by atoms with E-state index in [1.165, 1.54) is 5.56 Å². The molecule has 4 heteroatoms. The molecule has 0 radical (unpaired) electrons. The Morgan fingerprint density at radius 2 is 1.65 bits per heavy atom. The molecule has 1 aromatic heterocycles. The molecule has 0 fully saturated rings. The van der Waals surface area contributed by atoms with E-state index in [0.29, 0.717) is 0 Å². The van der Waals surface area contributed by atoms with E-state index in [2.05, 4.69) is 29.0 Å². The lowest BCUT2D eigenvalue weighted by molar-refractivity contribution is 1.10. The van der Waals surface area contributed by atoms with E-state index in [9.17, 15) is 0 Å². The fraction of sp³-hybridized carbons (Fsp3) is 0.125. The molecule has 0 amide bonds. The number of hydrogen-bond donors (Lipinski definition) is 0. The summed E-state index contributed by atoms with van der Waals surface area (Å²) in [6.07, 6.45) is 0. The number of halogens is 1. The lowest BCUT2D eigenvalue weighted by atomic mass is 10.1. The third-order valence-electron chi connectivity index (χ3n) is 3.35. The number of aryl methyl sites for hydroxylation is 1. The van der Waals surface area contributed by atoms with Gasteiger partial charge in [0.1, 0.15) is 5.82 Å². The Bertz CT molecular complexity index is 771. The molecule has 0 N–H and O–H groups in total. The minimum absolute atomic E-state index is 0.263. The number of fused-ring (bicyclic) bond motifs is 1. The second-order valence-electron chi connectivity index (χ2n) is 4.68. The van der Waals surface area contributed by atoms with Crippen molar-refractivity contribution in [3.05, 3.63) is 59.4 Å². The van der Waals surface area contributed by atoms with Crippen LogP contribution in [-0.4, -0.2) is 17.0 Å². The molecule has 0 aliphatic carbocycles. The molecule has 2 aromatic carbocycles. The summed E-state index contributed by atoms with van der Waals surface area (Å²) in [6, 6.07) is 16.1. The zero-order valence-corrected chi connectivity index (χ0v) is 12.1. The molecule has 0 unspecified atom stereocenters. The van der Waals surface area contributed by atoms with Crippen LogP contribution in [-0.2, 0) is 0 Å². The molecule has 0 aliphatic heterocycles. The minimum atomic E-state index is 0.263. The number of nitrogens with zero attached hydrogens (tertiary/aromatic N) is 3. The molecule has 0 bridgehead atoms. The smallest absolute Gasteiger partial charge is 0.224 e. The van der Waals surface area contributed by atoms with Crippen molar-refractivity contribution >= 4 is 34.0 Å². The Hall–Kier alpha value is -2.13. The number of anilines is 2. The number of rotatable bonds is 2. The first-order valence-electron chi connectivity index (χ1n) is 6.38. The highest BCUT2D eigenvalue weighted by Crippen LogP contribution is 2.31. The zero-order valence-electron chi connectivity index (χ0n) is 11.3. The quantitative estimate of drug-likeness (QED) is 0.654. The van der Waals surface area contributed by atoms with Crippen LogP contribution in [0, 0.1) is 6.92 Å². The van der Waals surface area contributed by atoms with E-state index in [1.807, 2.05) is 48.3 Å². The van der Waals surface area contributed by atoms with E-state index in [0.717, 1.165) is 22.4 Å². The molecule has 0 saturated heterocycles. The maximum Gasteiger partial charge on any atom is 0.224 e. The van der Waals surface area contributed by atoms with Crippen LogP contribution in [0.25, 0.3) is 10.9 Å². The van der Waals surface area contributed by atoms with Gasteiger partial charge in [0.2, 0.25) is 5.28 Å². The molecule has 3 aromatic rings. The van der Waals surface area contributed by atoms with Crippen LogP contribution in [0.5, 0.6) is 0 Å². The standard InChI is InChI=1S/C16H14ClN3/c1-11-7-3-6-10-14(11)20(2)15-12-8-4-5-9-13(12)18-16(17)19-15/h3-10H,1-2H3. The van der Waals surface area contributed by atoms with E-state index < -0.39 is 0 Å². The average Bonchev–Trinajstić information content (AvgIpc) is 2.46. The summed E-state index contributed by atoms with van der Waals surface area (Å²) < 4.78 is 0. The van der Waals surface area contributed by atoms with Crippen molar-refractivity contribution < 1.29 is 0 Å². The molecule has 3 nitrogen and oxygen atoms in total. The van der Waals surface area contributed by atoms with Crippen LogP contribution in [0.2, 0.25) is 5.28 Å². The van der Waals surface area contributed by atoms with Gasteiger partial charge in [-0.3, -0.25) is 0 Å². The van der Waals surface area contributed by atoms with Gasteiger partial charge in [0.25, 0.3) is 0 Å². The lowest BCUT2D eigenvalue weighted by Gasteiger charge is -2.21. The first kappa shape index (κ1) is 12.9. The van der Waals surface area contributed by atoms with Crippen molar-refractivity contribution in [1.82, 2.24) is 9.97 Å². The molecule has 0 atom stereocenters. The van der Waals surface area contributed by atoms with Crippen molar-refractivity contribution in [3.8, 4) is 0 Å². The average molecular weight is 284 g/mol. The Labute approximate surface area is 122 Å². The van der Waals surface area contributed by atoms with E-state index >= 15 is 0 Å². The van der Waals surface area contributed by atoms with Gasteiger partial charge in [0.05, 0.1) is 5.52 Å². The normalized spacial score (nSPS) is 10.8. The van der Waals surface area contributed by atoms with Gasteiger partial charge in [-0.15, -0.1) is 0 Å². The predicted octanol–water partition coefficient (Wildman–Crippen LogP) is 4.36. The SMILES string of the molecule is Cc1ccccc1N(C)c1nc(Cl)nc2ccccc12. The summed E-state index contributed by atoms with van der Waals surface area (Å²) in [5.74, 6) is 0.815. The molecule has 3 rings (SSSR count). The van der Waals surface area contributed by atoms with Crippen LogP contribution >= 0.6 is 11.6 Å². The molecule has 0 aliphatic rings. The predicted molar refractivity (Wildman–Crippen MR) is 83.8 cm³/mol. The monoisotopic (exact) mass is 283 g/mol. The Kier molecular flexibility index (Phi) is 3.28. The highest BCUT2D eigenvalue weighted by Gasteiger charge is 2.13. The first-order valence-corrected chi connectivity index (χ1v) is 6.76. The second kappa shape index (κ2) is 5.10. The first-order chi connectivity index (χ1) is 9.66. The number of para-hydroxylation sites is 2. The summed E-state index contributed by atoms with van der Waals surface area (Å²) in [7, 11) is 1.99. The van der Waals surface area contributed by atoms with Crippen molar-refractivity contribution in [2.45, 2.75) is 6.92 Å². The topological polar surface area (TPSA) is 29.0 Å². The van der Waals surface area contributed by atoms with Crippen molar-refractivity contribution in [3.63, 3.8) is 0 Å². The van der Waals surface area contributed by atoms with E-state index in [-0.39, 0.29) is 5.28 Å². The molecular weight excluding hydrogens is 270 g/mol. The van der Waals surface area contributed by atoms with Crippen molar-refractivity contribution in [2.24, 2.45) is 0 Å². The van der Waals surface area contributed by atoms with Crippen LogP contribution in [0.15, 0.2) is 48.5 Å². The van der Waals surface area contributed by atoms with Gasteiger partial charge in [-0.25, -0.2) is 4.98 Å². The zero-order chi connectivity index (χ0) is 14.1. The summed E-state index contributed by atoms with van der Waals surface area (Å²) in [4.78, 5) is 10.7. The maximum atomic E-state index is 6.05. The summed E-state index contributed by atoms with van der Waals surface area (Å²) >= 11 is 6.05.